The summed E-state index contributed by atoms with van der Waals surface area (Å²) in [6, 6.07) is 22.1. The summed E-state index contributed by atoms with van der Waals surface area (Å²) < 4.78 is 0. The molecule has 1 unspecified atom stereocenters. The van der Waals surface area contributed by atoms with E-state index in [1.807, 2.05) is 37.3 Å². The molecule has 0 saturated heterocycles. The predicted molar refractivity (Wildman–Crippen MR) is 135 cm³/mol. The number of rotatable bonds is 7. The molecule has 0 heterocycles. The molecule has 0 fully saturated rings. The molecule has 0 aliphatic rings. The van der Waals surface area contributed by atoms with Crippen LogP contribution in [-0.4, -0.2) is 21.9 Å². The molecule has 0 aliphatic carbocycles. The monoisotopic (exact) mass is 474 g/mol. The van der Waals surface area contributed by atoms with Gasteiger partial charge < -0.3 is 10.6 Å². The van der Waals surface area contributed by atoms with Crippen molar-refractivity contribution < 1.29 is 14.5 Å². The van der Waals surface area contributed by atoms with Crippen molar-refractivity contribution in [2.45, 2.75) is 13.0 Å². The van der Waals surface area contributed by atoms with Gasteiger partial charge in [-0.25, -0.2) is 0 Å². The third-order valence-electron chi connectivity index (χ3n) is 4.80. The van der Waals surface area contributed by atoms with Crippen LogP contribution in [0.1, 0.15) is 34.5 Å². The van der Waals surface area contributed by atoms with Crippen molar-refractivity contribution in [1.82, 2.24) is 10.6 Å². The van der Waals surface area contributed by atoms with Gasteiger partial charge >= 0.3 is 0 Å². The van der Waals surface area contributed by atoms with Gasteiger partial charge in [0, 0.05) is 29.5 Å². The maximum Gasteiger partial charge on any atom is 0.270 e. The summed E-state index contributed by atoms with van der Waals surface area (Å²) >= 11 is 5.15. The maximum absolute atomic E-state index is 12.5. The average Bonchev–Trinajstić information content (AvgIpc) is 2.83. The Morgan fingerprint density at radius 3 is 2.38 bits per heavy atom. The van der Waals surface area contributed by atoms with Gasteiger partial charge in [-0.1, -0.05) is 42.5 Å². The Balaban J connectivity index is 1.51. The molecular weight excluding hydrogens is 452 g/mol. The van der Waals surface area contributed by atoms with Crippen LogP contribution in [0.25, 0.3) is 6.08 Å². The van der Waals surface area contributed by atoms with Crippen molar-refractivity contribution in [2.75, 3.05) is 5.32 Å². The molecule has 0 bridgehead atoms. The number of hydrogen-bond donors (Lipinski definition) is 3. The number of thiocarbonyl (C=S) groups is 1. The van der Waals surface area contributed by atoms with Gasteiger partial charge in [0.15, 0.2) is 5.11 Å². The topological polar surface area (TPSA) is 113 Å². The van der Waals surface area contributed by atoms with Crippen LogP contribution in [0.4, 0.5) is 11.4 Å². The van der Waals surface area contributed by atoms with Crippen LogP contribution in [-0.2, 0) is 4.79 Å². The Morgan fingerprint density at radius 2 is 1.71 bits per heavy atom. The highest BCUT2D eigenvalue weighted by atomic mass is 32.1. The molecule has 9 heteroatoms. The van der Waals surface area contributed by atoms with E-state index < -0.39 is 10.8 Å². The first kappa shape index (κ1) is 24.3. The van der Waals surface area contributed by atoms with Gasteiger partial charge in [0.1, 0.15) is 0 Å². The largest absolute Gasteiger partial charge is 0.346 e. The first-order valence-corrected chi connectivity index (χ1v) is 10.7. The fourth-order valence-corrected chi connectivity index (χ4v) is 3.26. The molecule has 172 valence electrons. The molecule has 34 heavy (non-hydrogen) atoms. The minimum atomic E-state index is -0.505. The van der Waals surface area contributed by atoms with Crippen molar-refractivity contribution >= 4 is 46.6 Å². The molecule has 0 saturated carbocycles. The van der Waals surface area contributed by atoms with E-state index >= 15 is 0 Å². The molecule has 0 aliphatic heterocycles. The van der Waals surface area contributed by atoms with Crippen molar-refractivity contribution in [3.05, 3.63) is 112 Å². The summed E-state index contributed by atoms with van der Waals surface area (Å²) in [5, 5.41) is 19.2. The lowest BCUT2D eigenvalue weighted by atomic mass is 10.1. The zero-order valence-electron chi connectivity index (χ0n) is 18.2. The molecule has 3 aromatic carbocycles. The number of hydrogen-bond acceptors (Lipinski definition) is 5. The molecule has 3 rings (SSSR count). The fraction of sp³-hybridized carbons (Fsp3) is 0.0800. The Morgan fingerprint density at radius 1 is 1.00 bits per heavy atom. The van der Waals surface area contributed by atoms with Crippen LogP contribution in [0, 0.1) is 10.1 Å². The number of non-ortho nitro benzene ring substituents is 1. The molecular formula is C25H22N4O4S. The standard InChI is InChI=1S/C25H22N4O4S/c1-17(19-7-3-2-4-8-19)26-24(31)20-11-13-21(14-12-20)27-25(34)28-23(30)15-10-18-6-5-9-22(16-18)29(32)33/h2-17H,1H3,(H,26,31)(H2,27,28,30,34)/b15-10+. The van der Waals surface area contributed by atoms with Gasteiger partial charge in [-0.05, 0) is 60.6 Å². The van der Waals surface area contributed by atoms with Gasteiger partial charge in [-0.3, -0.25) is 25.0 Å². The smallest absolute Gasteiger partial charge is 0.270 e. The van der Waals surface area contributed by atoms with Crippen LogP contribution in [0.2, 0.25) is 0 Å². The van der Waals surface area contributed by atoms with Crippen LogP contribution < -0.4 is 16.0 Å². The third-order valence-corrected chi connectivity index (χ3v) is 5.00. The van der Waals surface area contributed by atoms with Gasteiger partial charge in [0.25, 0.3) is 11.6 Å². The molecule has 0 radical (unpaired) electrons. The van der Waals surface area contributed by atoms with E-state index in [4.69, 9.17) is 12.2 Å². The number of nitrogens with one attached hydrogen (secondary N) is 3. The number of nitrogens with zero attached hydrogens (tertiary/aromatic N) is 1. The summed E-state index contributed by atoms with van der Waals surface area (Å²) in [7, 11) is 0. The Bertz CT molecular complexity index is 1230. The van der Waals surface area contributed by atoms with E-state index in [1.165, 1.54) is 30.4 Å². The normalized spacial score (nSPS) is 11.4. The molecule has 1 atom stereocenters. The summed E-state index contributed by atoms with van der Waals surface area (Å²) in [6.45, 7) is 1.91. The predicted octanol–water partition coefficient (Wildman–Crippen LogP) is 4.61. The molecule has 8 nitrogen and oxygen atoms in total. The van der Waals surface area contributed by atoms with Gasteiger partial charge in [0.05, 0.1) is 11.0 Å². The second-order valence-corrected chi connectivity index (χ2v) is 7.72. The Hall–Kier alpha value is -4.37. The highest BCUT2D eigenvalue weighted by Crippen LogP contribution is 2.15. The van der Waals surface area contributed by atoms with E-state index in [2.05, 4.69) is 16.0 Å². The van der Waals surface area contributed by atoms with Crippen LogP contribution >= 0.6 is 12.2 Å². The lowest BCUT2D eigenvalue weighted by molar-refractivity contribution is -0.384. The van der Waals surface area contributed by atoms with Crippen molar-refractivity contribution in [3.8, 4) is 0 Å². The molecule has 2 amide bonds. The summed E-state index contributed by atoms with van der Waals surface area (Å²) in [6.07, 6.45) is 2.68. The molecule has 3 aromatic rings. The molecule has 0 spiro atoms. The Kier molecular flexibility index (Phi) is 8.20. The van der Waals surface area contributed by atoms with Crippen molar-refractivity contribution in [2.24, 2.45) is 0 Å². The van der Waals surface area contributed by atoms with E-state index in [9.17, 15) is 19.7 Å². The van der Waals surface area contributed by atoms with Crippen molar-refractivity contribution in [3.63, 3.8) is 0 Å². The van der Waals surface area contributed by atoms with Crippen LogP contribution in [0.5, 0.6) is 0 Å². The summed E-state index contributed by atoms with van der Waals surface area (Å²) in [4.78, 5) is 34.9. The quantitative estimate of drug-likeness (QED) is 0.199. The van der Waals surface area contributed by atoms with Crippen LogP contribution in [0.15, 0.2) is 84.9 Å². The highest BCUT2D eigenvalue weighted by molar-refractivity contribution is 7.80. The minimum absolute atomic E-state index is 0.0635. The van der Waals surface area contributed by atoms with E-state index in [1.54, 1.807) is 30.3 Å². The van der Waals surface area contributed by atoms with Gasteiger partial charge in [-0.2, -0.15) is 0 Å². The maximum atomic E-state index is 12.5. The minimum Gasteiger partial charge on any atom is -0.346 e. The lowest BCUT2D eigenvalue weighted by Crippen LogP contribution is -2.32. The number of carbonyl (C=O) groups excluding carboxylic acids is 2. The first-order chi connectivity index (χ1) is 16.3. The second-order valence-electron chi connectivity index (χ2n) is 7.31. The Labute approximate surface area is 201 Å². The van der Waals surface area contributed by atoms with Gasteiger partial charge in [-0.15, -0.1) is 0 Å². The molecule has 0 aromatic heterocycles. The number of nitro benzene ring substituents is 1. The zero-order chi connectivity index (χ0) is 24.5. The van der Waals surface area contributed by atoms with E-state index in [0.717, 1.165) is 5.56 Å². The highest BCUT2D eigenvalue weighted by Gasteiger charge is 2.11. The number of carbonyl (C=O) groups is 2. The summed E-state index contributed by atoms with van der Waals surface area (Å²) in [5.74, 6) is -0.694. The van der Waals surface area contributed by atoms with Crippen molar-refractivity contribution in [1.29, 1.82) is 0 Å². The van der Waals surface area contributed by atoms with E-state index in [-0.39, 0.29) is 22.7 Å². The zero-order valence-corrected chi connectivity index (χ0v) is 19.0. The first-order valence-electron chi connectivity index (χ1n) is 10.3. The summed E-state index contributed by atoms with van der Waals surface area (Å²) in [5.41, 5.74) is 2.55. The number of anilines is 1. The average molecular weight is 475 g/mol. The van der Waals surface area contributed by atoms with Gasteiger partial charge in [0.2, 0.25) is 5.91 Å². The number of nitro groups is 1. The molecule has 3 N–H and O–H groups in total. The lowest BCUT2D eigenvalue weighted by Gasteiger charge is -2.14. The van der Waals surface area contributed by atoms with Crippen LogP contribution in [0.3, 0.4) is 0 Å². The number of amides is 2. The second kappa shape index (κ2) is 11.5. The number of benzene rings is 3. The third kappa shape index (κ3) is 7.07. The fourth-order valence-electron chi connectivity index (χ4n) is 3.04. The van der Waals surface area contributed by atoms with E-state index in [0.29, 0.717) is 16.8 Å². The SMILES string of the molecule is CC(NC(=O)c1ccc(NC(=S)NC(=O)/C=C/c2cccc([N+](=O)[O-])c2)cc1)c1ccccc1.